The number of benzene rings is 1. The summed E-state index contributed by atoms with van der Waals surface area (Å²) in [6, 6.07) is 7.01. The summed E-state index contributed by atoms with van der Waals surface area (Å²) in [6.45, 7) is 2.48. The highest BCUT2D eigenvalue weighted by Crippen LogP contribution is 2.17. The second-order valence-corrected chi connectivity index (χ2v) is 4.54. The molecule has 0 fully saturated rings. The average molecular weight is 302 g/mol. The zero-order valence-electron chi connectivity index (χ0n) is 12.0. The van der Waals surface area contributed by atoms with Gasteiger partial charge in [-0.1, -0.05) is 12.1 Å². The van der Waals surface area contributed by atoms with Gasteiger partial charge in [0.05, 0.1) is 19.2 Å². The number of nitrogens with one attached hydrogen (secondary N) is 1. The Labute approximate surface area is 126 Å². The maximum atomic E-state index is 11.9. The molecule has 2 atom stereocenters. The van der Waals surface area contributed by atoms with Gasteiger partial charge in [-0.3, -0.25) is 4.79 Å². The summed E-state index contributed by atoms with van der Waals surface area (Å²) in [6.07, 6.45) is 1.36. The van der Waals surface area contributed by atoms with Crippen molar-refractivity contribution in [2.45, 2.75) is 31.8 Å². The van der Waals surface area contributed by atoms with Crippen molar-refractivity contribution in [3.05, 3.63) is 29.8 Å². The highest BCUT2D eigenvalue weighted by Gasteiger charge is 2.16. The summed E-state index contributed by atoms with van der Waals surface area (Å²) < 4.78 is 5.09. The van der Waals surface area contributed by atoms with Gasteiger partial charge in [0.15, 0.2) is 0 Å². The van der Waals surface area contributed by atoms with Crippen LogP contribution in [0, 0.1) is 0 Å². The van der Waals surface area contributed by atoms with Crippen LogP contribution in [-0.2, 0) is 4.79 Å². The van der Waals surface area contributed by atoms with Gasteiger partial charge in [-0.2, -0.15) is 0 Å². The van der Waals surface area contributed by atoms with Crippen LogP contribution in [0.3, 0.4) is 0 Å². The molecule has 0 spiro atoms. The molecule has 0 aliphatic carbocycles. The number of halogens is 1. The molecule has 6 heteroatoms. The van der Waals surface area contributed by atoms with Gasteiger partial charge in [0.1, 0.15) is 5.75 Å². The molecule has 0 aliphatic rings. The second-order valence-electron chi connectivity index (χ2n) is 4.54. The minimum absolute atomic E-state index is 0. The molecule has 1 rings (SSSR count). The van der Waals surface area contributed by atoms with Gasteiger partial charge in [-0.05, 0) is 44.0 Å². The van der Waals surface area contributed by atoms with E-state index in [4.69, 9.17) is 16.2 Å². The summed E-state index contributed by atoms with van der Waals surface area (Å²) >= 11 is 0. The van der Waals surface area contributed by atoms with Crippen LogP contribution in [0.2, 0.25) is 0 Å². The van der Waals surface area contributed by atoms with Crippen molar-refractivity contribution in [2.24, 2.45) is 11.5 Å². The lowest BCUT2D eigenvalue weighted by atomic mass is 10.1. The maximum absolute atomic E-state index is 11.9. The van der Waals surface area contributed by atoms with E-state index in [0.29, 0.717) is 13.0 Å². The molecule has 0 bridgehead atoms. The normalized spacial score (nSPS) is 13.0. The first-order valence-corrected chi connectivity index (χ1v) is 6.48. The van der Waals surface area contributed by atoms with Crippen LogP contribution in [0.4, 0.5) is 0 Å². The first kappa shape index (κ1) is 18.7. The van der Waals surface area contributed by atoms with Gasteiger partial charge >= 0.3 is 0 Å². The summed E-state index contributed by atoms with van der Waals surface area (Å²) in [5.41, 5.74) is 12.2. The number of ether oxygens (including phenoxy) is 1. The number of rotatable bonds is 7. The first-order valence-electron chi connectivity index (χ1n) is 6.48. The van der Waals surface area contributed by atoms with Crippen molar-refractivity contribution in [3.63, 3.8) is 0 Å². The van der Waals surface area contributed by atoms with Crippen molar-refractivity contribution in [1.82, 2.24) is 5.32 Å². The lowest BCUT2D eigenvalue weighted by Crippen LogP contribution is -2.41. The standard InChI is InChI=1S/C14H23N3O2.ClH/c1-10(11-5-7-12(19-2)8-6-11)17-14(18)13(16)4-3-9-15;/h5-8,10,13H,3-4,9,15-16H2,1-2H3,(H,17,18);1H/t10?,13-;/m1./s1. The number of carbonyl (C=O) groups excluding carboxylic acids is 1. The van der Waals surface area contributed by atoms with Crippen molar-refractivity contribution < 1.29 is 9.53 Å². The molecule has 114 valence electrons. The molecule has 0 aliphatic heterocycles. The van der Waals surface area contributed by atoms with E-state index in [2.05, 4.69) is 5.32 Å². The molecule has 0 radical (unpaired) electrons. The van der Waals surface area contributed by atoms with Crippen LogP contribution in [0.15, 0.2) is 24.3 Å². The van der Waals surface area contributed by atoms with Crippen molar-refractivity contribution in [3.8, 4) is 5.75 Å². The van der Waals surface area contributed by atoms with E-state index in [1.54, 1.807) is 7.11 Å². The van der Waals surface area contributed by atoms with Gasteiger partial charge in [-0.15, -0.1) is 12.4 Å². The molecule has 5 N–H and O–H groups in total. The molecule has 1 unspecified atom stereocenters. The zero-order chi connectivity index (χ0) is 14.3. The molecule has 1 aromatic carbocycles. The van der Waals surface area contributed by atoms with Crippen molar-refractivity contribution >= 4 is 18.3 Å². The Balaban J connectivity index is 0.00000361. The summed E-state index contributed by atoms with van der Waals surface area (Å²) in [7, 11) is 1.62. The third-order valence-electron chi connectivity index (χ3n) is 3.03. The number of hydrogen-bond acceptors (Lipinski definition) is 4. The van der Waals surface area contributed by atoms with Crippen molar-refractivity contribution in [1.29, 1.82) is 0 Å². The Morgan fingerprint density at radius 2 is 1.95 bits per heavy atom. The monoisotopic (exact) mass is 301 g/mol. The third kappa shape index (κ3) is 5.77. The van der Waals surface area contributed by atoms with Crippen molar-refractivity contribution in [2.75, 3.05) is 13.7 Å². The molecule has 20 heavy (non-hydrogen) atoms. The topological polar surface area (TPSA) is 90.4 Å². The SMILES string of the molecule is COc1ccc(C(C)NC(=O)[C@H](N)CCCN)cc1.Cl. The smallest absolute Gasteiger partial charge is 0.237 e. The fourth-order valence-corrected chi connectivity index (χ4v) is 1.77. The van der Waals surface area contributed by atoms with E-state index < -0.39 is 6.04 Å². The number of hydrogen-bond donors (Lipinski definition) is 3. The van der Waals surface area contributed by atoms with Crippen LogP contribution in [0.25, 0.3) is 0 Å². The highest BCUT2D eigenvalue weighted by atomic mass is 35.5. The predicted molar refractivity (Wildman–Crippen MR) is 83.1 cm³/mol. The van der Waals surface area contributed by atoms with Gasteiger partial charge in [0, 0.05) is 0 Å². The molecule has 0 heterocycles. The average Bonchev–Trinajstić information content (AvgIpc) is 2.44. The van der Waals surface area contributed by atoms with E-state index in [-0.39, 0.29) is 24.4 Å². The fourth-order valence-electron chi connectivity index (χ4n) is 1.77. The van der Waals surface area contributed by atoms with E-state index in [1.165, 1.54) is 0 Å². The van der Waals surface area contributed by atoms with Gasteiger partial charge in [0.2, 0.25) is 5.91 Å². The second kappa shape index (κ2) is 9.58. The largest absolute Gasteiger partial charge is 0.497 e. The summed E-state index contributed by atoms with van der Waals surface area (Å²) in [5.74, 6) is 0.652. The van der Waals surface area contributed by atoms with Crippen LogP contribution in [0.5, 0.6) is 5.75 Å². The van der Waals surface area contributed by atoms with Crippen LogP contribution >= 0.6 is 12.4 Å². The Bertz CT molecular complexity index is 398. The van der Waals surface area contributed by atoms with E-state index in [9.17, 15) is 4.79 Å². The summed E-state index contributed by atoms with van der Waals surface area (Å²) in [5, 5.41) is 2.90. The van der Waals surface area contributed by atoms with E-state index >= 15 is 0 Å². The van der Waals surface area contributed by atoms with Gasteiger partial charge in [0.25, 0.3) is 0 Å². The van der Waals surface area contributed by atoms with Gasteiger partial charge < -0.3 is 21.5 Å². The molecular formula is C14H24ClN3O2. The number of amides is 1. The maximum Gasteiger partial charge on any atom is 0.237 e. The van der Waals surface area contributed by atoms with Crippen LogP contribution < -0.4 is 21.5 Å². The molecule has 5 nitrogen and oxygen atoms in total. The quantitative estimate of drug-likeness (QED) is 0.709. The predicted octanol–water partition coefficient (Wildman–Crippen LogP) is 1.36. The first-order chi connectivity index (χ1) is 9.08. The Kier molecular flexibility index (Phi) is 8.96. The Morgan fingerprint density at radius 3 is 2.45 bits per heavy atom. The number of methoxy groups -OCH3 is 1. The lowest BCUT2D eigenvalue weighted by molar-refractivity contribution is -0.123. The van der Waals surface area contributed by atoms with Gasteiger partial charge in [-0.25, -0.2) is 0 Å². The van der Waals surface area contributed by atoms with E-state index in [1.807, 2.05) is 31.2 Å². The fraction of sp³-hybridized carbons (Fsp3) is 0.500. The number of carbonyl (C=O) groups is 1. The molecule has 0 aromatic heterocycles. The number of nitrogens with two attached hydrogens (primary N) is 2. The molecular weight excluding hydrogens is 278 g/mol. The Morgan fingerprint density at radius 1 is 1.35 bits per heavy atom. The lowest BCUT2D eigenvalue weighted by Gasteiger charge is -2.18. The van der Waals surface area contributed by atoms with Crippen LogP contribution in [0.1, 0.15) is 31.4 Å². The molecule has 0 saturated carbocycles. The zero-order valence-corrected chi connectivity index (χ0v) is 12.8. The van der Waals surface area contributed by atoms with E-state index in [0.717, 1.165) is 17.7 Å². The molecule has 0 saturated heterocycles. The minimum Gasteiger partial charge on any atom is -0.497 e. The Hall–Kier alpha value is -1.30. The van der Waals surface area contributed by atoms with Crippen LogP contribution in [-0.4, -0.2) is 25.6 Å². The third-order valence-corrected chi connectivity index (χ3v) is 3.03. The highest BCUT2D eigenvalue weighted by molar-refractivity contribution is 5.85. The molecule has 1 aromatic rings. The minimum atomic E-state index is -0.496. The molecule has 1 amide bonds. The summed E-state index contributed by atoms with van der Waals surface area (Å²) in [4.78, 5) is 11.9.